The minimum absolute atomic E-state index is 0.0000463. The van der Waals surface area contributed by atoms with Gasteiger partial charge >= 0.3 is 0 Å². The molecule has 1 aromatic carbocycles. The summed E-state index contributed by atoms with van der Waals surface area (Å²) in [5, 5.41) is 12.2. The van der Waals surface area contributed by atoms with Crippen molar-refractivity contribution >= 4 is 5.91 Å². The molecule has 0 radical (unpaired) electrons. The zero-order chi connectivity index (χ0) is 12.8. The van der Waals surface area contributed by atoms with Crippen LogP contribution in [0, 0.1) is 0 Å². The zero-order valence-electron chi connectivity index (χ0n) is 10.4. The summed E-state index contributed by atoms with van der Waals surface area (Å²) in [6.45, 7) is -0.0000463. The van der Waals surface area contributed by atoms with Crippen molar-refractivity contribution in [3.05, 3.63) is 24.3 Å². The highest BCUT2D eigenvalue weighted by molar-refractivity contribution is 5.77. The summed E-state index contributed by atoms with van der Waals surface area (Å²) in [4.78, 5) is 11.7. The predicted octanol–water partition coefficient (Wildman–Crippen LogP) is 2.22. The number of phenolic OH excluding ortho intramolecular Hbond substituents is 1. The second kappa shape index (κ2) is 6.28. The molecule has 18 heavy (non-hydrogen) atoms. The number of carbonyl (C=O) groups excluding carboxylic acids is 1. The van der Waals surface area contributed by atoms with Gasteiger partial charge in [0.2, 0.25) is 0 Å². The Balaban J connectivity index is 1.74. The van der Waals surface area contributed by atoms with Gasteiger partial charge in [-0.05, 0) is 25.0 Å². The van der Waals surface area contributed by atoms with Crippen LogP contribution in [0.15, 0.2) is 24.3 Å². The minimum Gasteiger partial charge on any atom is -0.508 e. The molecule has 0 heterocycles. The molecule has 0 aliphatic heterocycles. The van der Waals surface area contributed by atoms with Gasteiger partial charge in [-0.2, -0.15) is 0 Å². The maximum atomic E-state index is 11.7. The van der Waals surface area contributed by atoms with Gasteiger partial charge in [-0.3, -0.25) is 4.79 Å². The van der Waals surface area contributed by atoms with Crippen molar-refractivity contribution in [3.8, 4) is 11.5 Å². The molecule has 0 spiro atoms. The molecule has 98 valence electrons. The molecule has 2 rings (SSSR count). The third-order valence-electron chi connectivity index (χ3n) is 3.16. The van der Waals surface area contributed by atoms with Gasteiger partial charge in [0.15, 0.2) is 6.61 Å². The molecule has 2 N–H and O–H groups in total. The molecule has 0 aromatic heterocycles. The first-order chi connectivity index (χ1) is 8.74. The Hall–Kier alpha value is -1.71. The van der Waals surface area contributed by atoms with Crippen molar-refractivity contribution < 1.29 is 14.6 Å². The number of ether oxygens (including phenoxy) is 1. The highest BCUT2D eigenvalue weighted by atomic mass is 16.5. The number of aromatic hydroxyl groups is 1. The summed E-state index contributed by atoms with van der Waals surface area (Å²) in [7, 11) is 0. The fraction of sp³-hybridized carbons (Fsp3) is 0.500. The molecule has 1 aromatic rings. The smallest absolute Gasteiger partial charge is 0.258 e. The highest BCUT2D eigenvalue weighted by Crippen LogP contribution is 2.18. The molecule has 1 saturated carbocycles. The molecule has 1 fully saturated rings. The van der Waals surface area contributed by atoms with Gasteiger partial charge in [0.05, 0.1) is 0 Å². The number of amides is 1. The molecule has 4 nitrogen and oxygen atoms in total. The number of carbonyl (C=O) groups is 1. The van der Waals surface area contributed by atoms with Crippen LogP contribution in [-0.2, 0) is 4.79 Å². The summed E-state index contributed by atoms with van der Waals surface area (Å²) >= 11 is 0. The Bertz CT molecular complexity index is 400. The van der Waals surface area contributed by atoms with Crippen LogP contribution in [-0.4, -0.2) is 23.7 Å². The molecular formula is C14H19NO3. The largest absolute Gasteiger partial charge is 0.508 e. The summed E-state index contributed by atoms with van der Waals surface area (Å²) in [6.07, 6.45) is 5.79. The number of rotatable bonds is 4. The molecule has 0 atom stereocenters. The SMILES string of the molecule is O=C(COc1cccc(O)c1)NC1CCCCC1. The first-order valence-electron chi connectivity index (χ1n) is 6.45. The van der Waals surface area contributed by atoms with Crippen LogP contribution >= 0.6 is 0 Å². The van der Waals surface area contributed by atoms with Crippen molar-refractivity contribution in [2.45, 2.75) is 38.1 Å². The number of hydrogen-bond acceptors (Lipinski definition) is 3. The number of nitrogens with one attached hydrogen (secondary N) is 1. The van der Waals surface area contributed by atoms with E-state index in [1.54, 1.807) is 18.2 Å². The standard InChI is InChI=1S/C14H19NO3/c16-12-7-4-8-13(9-12)18-10-14(17)15-11-5-2-1-3-6-11/h4,7-9,11,16H,1-3,5-6,10H2,(H,15,17). The third-order valence-corrected chi connectivity index (χ3v) is 3.16. The Morgan fingerprint density at radius 2 is 2.11 bits per heavy atom. The van der Waals surface area contributed by atoms with Crippen molar-refractivity contribution in [1.82, 2.24) is 5.32 Å². The maximum absolute atomic E-state index is 11.7. The van der Waals surface area contributed by atoms with E-state index in [0.717, 1.165) is 12.8 Å². The highest BCUT2D eigenvalue weighted by Gasteiger charge is 2.15. The van der Waals surface area contributed by atoms with Crippen LogP contribution in [0.5, 0.6) is 11.5 Å². The van der Waals surface area contributed by atoms with Crippen LogP contribution in [0.4, 0.5) is 0 Å². The van der Waals surface area contributed by atoms with Crippen molar-refractivity contribution in [1.29, 1.82) is 0 Å². The lowest BCUT2D eigenvalue weighted by Gasteiger charge is -2.22. The van der Waals surface area contributed by atoms with Crippen molar-refractivity contribution in [3.63, 3.8) is 0 Å². The second-order valence-electron chi connectivity index (χ2n) is 4.69. The Morgan fingerprint density at radius 1 is 1.33 bits per heavy atom. The lowest BCUT2D eigenvalue weighted by atomic mass is 9.95. The Morgan fingerprint density at radius 3 is 2.83 bits per heavy atom. The van der Waals surface area contributed by atoms with E-state index in [0.29, 0.717) is 11.8 Å². The van der Waals surface area contributed by atoms with Crippen LogP contribution in [0.3, 0.4) is 0 Å². The van der Waals surface area contributed by atoms with E-state index in [-0.39, 0.29) is 18.3 Å². The van der Waals surface area contributed by atoms with E-state index < -0.39 is 0 Å². The average Bonchev–Trinajstić information content (AvgIpc) is 2.38. The van der Waals surface area contributed by atoms with Crippen molar-refractivity contribution in [2.75, 3.05) is 6.61 Å². The van der Waals surface area contributed by atoms with Crippen LogP contribution < -0.4 is 10.1 Å². The van der Waals surface area contributed by atoms with E-state index in [2.05, 4.69) is 5.32 Å². The Kier molecular flexibility index (Phi) is 4.45. The number of benzene rings is 1. The van der Waals surface area contributed by atoms with Gasteiger partial charge in [-0.15, -0.1) is 0 Å². The second-order valence-corrected chi connectivity index (χ2v) is 4.69. The summed E-state index contributed by atoms with van der Waals surface area (Å²) < 4.78 is 5.32. The van der Waals surface area contributed by atoms with Gasteiger partial charge in [0, 0.05) is 12.1 Å². The van der Waals surface area contributed by atoms with Gasteiger partial charge in [0.25, 0.3) is 5.91 Å². The average molecular weight is 249 g/mol. The third kappa shape index (κ3) is 3.95. The molecule has 1 amide bonds. The number of phenols is 1. The topological polar surface area (TPSA) is 58.6 Å². The molecule has 0 bridgehead atoms. The van der Waals surface area contributed by atoms with E-state index in [1.807, 2.05) is 0 Å². The maximum Gasteiger partial charge on any atom is 0.258 e. The summed E-state index contributed by atoms with van der Waals surface area (Å²) in [6, 6.07) is 6.76. The normalized spacial score (nSPS) is 16.2. The van der Waals surface area contributed by atoms with E-state index in [9.17, 15) is 9.90 Å². The molecular weight excluding hydrogens is 230 g/mol. The molecule has 0 saturated heterocycles. The lowest BCUT2D eigenvalue weighted by Crippen LogP contribution is -2.38. The number of hydrogen-bond donors (Lipinski definition) is 2. The van der Waals surface area contributed by atoms with Crippen molar-refractivity contribution in [2.24, 2.45) is 0 Å². The van der Waals surface area contributed by atoms with Crippen LogP contribution in [0.1, 0.15) is 32.1 Å². The molecule has 4 heteroatoms. The van der Waals surface area contributed by atoms with E-state index in [1.165, 1.54) is 25.3 Å². The predicted molar refractivity (Wildman–Crippen MR) is 68.6 cm³/mol. The fourth-order valence-electron chi connectivity index (χ4n) is 2.24. The fourth-order valence-corrected chi connectivity index (χ4v) is 2.24. The zero-order valence-corrected chi connectivity index (χ0v) is 10.4. The molecule has 1 aliphatic rings. The van der Waals surface area contributed by atoms with Gasteiger partial charge in [0.1, 0.15) is 11.5 Å². The quantitative estimate of drug-likeness (QED) is 0.860. The van der Waals surface area contributed by atoms with Crippen LogP contribution in [0.2, 0.25) is 0 Å². The Labute approximate surface area is 107 Å². The minimum atomic E-state index is -0.0924. The monoisotopic (exact) mass is 249 g/mol. The van der Waals surface area contributed by atoms with Gasteiger partial charge in [-0.1, -0.05) is 25.3 Å². The summed E-state index contributed by atoms with van der Waals surface area (Å²) in [5.41, 5.74) is 0. The van der Waals surface area contributed by atoms with E-state index in [4.69, 9.17) is 4.74 Å². The molecule has 0 unspecified atom stereocenters. The summed E-state index contributed by atoms with van der Waals surface area (Å²) in [5.74, 6) is 0.555. The first kappa shape index (κ1) is 12.7. The van der Waals surface area contributed by atoms with Crippen LogP contribution in [0.25, 0.3) is 0 Å². The van der Waals surface area contributed by atoms with Gasteiger partial charge < -0.3 is 15.2 Å². The molecule has 1 aliphatic carbocycles. The first-order valence-corrected chi connectivity index (χ1v) is 6.45. The van der Waals surface area contributed by atoms with E-state index >= 15 is 0 Å². The lowest BCUT2D eigenvalue weighted by molar-refractivity contribution is -0.124. The van der Waals surface area contributed by atoms with Gasteiger partial charge in [-0.25, -0.2) is 0 Å².